The van der Waals surface area contributed by atoms with E-state index in [-0.39, 0.29) is 11.9 Å². The van der Waals surface area contributed by atoms with E-state index in [0.29, 0.717) is 5.92 Å². The van der Waals surface area contributed by atoms with Crippen LogP contribution in [0.3, 0.4) is 0 Å². The predicted octanol–water partition coefficient (Wildman–Crippen LogP) is 3.44. The van der Waals surface area contributed by atoms with Crippen molar-refractivity contribution in [2.75, 3.05) is 7.05 Å². The first-order valence-electron chi connectivity index (χ1n) is 5.78. The first-order chi connectivity index (χ1) is 8.13. The molecule has 1 saturated carbocycles. The Hall–Kier alpha value is -1.28. The summed E-state index contributed by atoms with van der Waals surface area (Å²) in [4.78, 5) is 13.5. The fraction of sp³-hybridized carbons (Fsp3) is 0.357. The Morgan fingerprint density at radius 1 is 1.47 bits per heavy atom. The standard InChI is InChI=1S/C14H16ClNO/c1-3-13(17)16(2)14(10-4-5-10)11-6-8-12(15)9-7-11/h3,6-10,14H,1,4-5H2,2H3. The lowest BCUT2D eigenvalue weighted by Gasteiger charge is -2.27. The highest BCUT2D eigenvalue weighted by atomic mass is 35.5. The molecule has 1 aromatic rings. The normalized spacial score (nSPS) is 16.4. The van der Waals surface area contributed by atoms with Gasteiger partial charge in [-0.15, -0.1) is 0 Å². The highest BCUT2D eigenvalue weighted by Gasteiger charge is 2.36. The second-order valence-corrected chi connectivity index (χ2v) is 4.92. The van der Waals surface area contributed by atoms with Gasteiger partial charge in [0.05, 0.1) is 6.04 Å². The number of hydrogen-bond acceptors (Lipinski definition) is 1. The van der Waals surface area contributed by atoms with Gasteiger partial charge in [0.25, 0.3) is 0 Å². The number of carbonyl (C=O) groups is 1. The first kappa shape index (κ1) is 12.2. The molecule has 0 aromatic heterocycles. The SMILES string of the molecule is C=CC(=O)N(C)C(c1ccc(Cl)cc1)C1CC1. The summed E-state index contributed by atoms with van der Waals surface area (Å²) >= 11 is 5.88. The maximum atomic E-state index is 11.7. The van der Waals surface area contributed by atoms with Crippen LogP contribution in [0.25, 0.3) is 0 Å². The molecule has 3 heteroatoms. The van der Waals surface area contributed by atoms with Crippen molar-refractivity contribution in [1.29, 1.82) is 0 Å². The molecule has 17 heavy (non-hydrogen) atoms. The summed E-state index contributed by atoms with van der Waals surface area (Å²) in [7, 11) is 1.83. The highest BCUT2D eigenvalue weighted by molar-refractivity contribution is 6.30. The number of rotatable bonds is 4. The largest absolute Gasteiger partial charge is 0.335 e. The zero-order valence-corrected chi connectivity index (χ0v) is 10.7. The van der Waals surface area contributed by atoms with E-state index in [2.05, 4.69) is 6.58 Å². The molecule has 0 heterocycles. The van der Waals surface area contributed by atoms with E-state index in [1.807, 2.05) is 31.3 Å². The van der Waals surface area contributed by atoms with Crippen molar-refractivity contribution in [3.63, 3.8) is 0 Å². The molecule has 1 aliphatic rings. The minimum absolute atomic E-state index is 0.0307. The molecule has 1 fully saturated rings. The van der Waals surface area contributed by atoms with Gasteiger partial charge in [-0.25, -0.2) is 0 Å². The van der Waals surface area contributed by atoms with Crippen LogP contribution in [0.2, 0.25) is 5.02 Å². The van der Waals surface area contributed by atoms with Crippen LogP contribution in [0, 0.1) is 5.92 Å². The van der Waals surface area contributed by atoms with Crippen molar-refractivity contribution in [3.05, 3.63) is 47.5 Å². The zero-order valence-electron chi connectivity index (χ0n) is 9.90. The molecule has 0 saturated heterocycles. The van der Waals surface area contributed by atoms with Gasteiger partial charge in [-0.05, 0) is 42.5 Å². The van der Waals surface area contributed by atoms with E-state index >= 15 is 0 Å². The maximum Gasteiger partial charge on any atom is 0.246 e. The highest BCUT2D eigenvalue weighted by Crippen LogP contribution is 2.44. The van der Waals surface area contributed by atoms with Gasteiger partial charge >= 0.3 is 0 Å². The molecule has 0 aliphatic heterocycles. The van der Waals surface area contributed by atoms with Crippen LogP contribution in [-0.4, -0.2) is 17.9 Å². The maximum absolute atomic E-state index is 11.7. The fourth-order valence-corrected chi connectivity index (χ4v) is 2.29. The Kier molecular flexibility index (Phi) is 3.53. The summed E-state index contributed by atoms with van der Waals surface area (Å²) in [5.74, 6) is 0.543. The van der Waals surface area contributed by atoms with Gasteiger partial charge in [0, 0.05) is 12.1 Å². The van der Waals surface area contributed by atoms with Crippen LogP contribution >= 0.6 is 11.6 Å². The summed E-state index contributed by atoms with van der Waals surface area (Å²) in [6.45, 7) is 3.54. The van der Waals surface area contributed by atoms with Gasteiger partial charge in [0.2, 0.25) is 5.91 Å². The summed E-state index contributed by atoms with van der Waals surface area (Å²) in [6.07, 6.45) is 3.73. The molecule has 2 nitrogen and oxygen atoms in total. The second-order valence-electron chi connectivity index (χ2n) is 4.49. The fourth-order valence-electron chi connectivity index (χ4n) is 2.16. The Morgan fingerprint density at radius 2 is 2.06 bits per heavy atom. The van der Waals surface area contributed by atoms with Crippen LogP contribution in [0.4, 0.5) is 0 Å². The Balaban J connectivity index is 2.25. The smallest absolute Gasteiger partial charge is 0.246 e. The second kappa shape index (κ2) is 4.92. The van der Waals surface area contributed by atoms with E-state index < -0.39 is 0 Å². The molecule has 1 aromatic carbocycles. The molecule has 90 valence electrons. The van der Waals surface area contributed by atoms with Crippen molar-refractivity contribution >= 4 is 17.5 Å². The lowest BCUT2D eigenvalue weighted by atomic mass is 10.0. The van der Waals surface area contributed by atoms with Crippen LogP contribution < -0.4 is 0 Å². The third-order valence-electron chi connectivity index (χ3n) is 3.22. The number of halogens is 1. The number of benzene rings is 1. The summed E-state index contributed by atoms with van der Waals surface area (Å²) in [5.41, 5.74) is 1.15. The molecular formula is C14H16ClNO. The van der Waals surface area contributed by atoms with Crippen LogP contribution in [0.5, 0.6) is 0 Å². The Morgan fingerprint density at radius 3 is 2.53 bits per heavy atom. The average molecular weight is 250 g/mol. The molecule has 0 spiro atoms. The van der Waals surface area contributed by atoms with Crippen molar-refractivity contribution in [3.8, 4) is 0 Å². The van der Waals surface area contributed by atoms with Crippen molar-refractivity contribution < 1.29 is 4.79 Å². The molecule has 0 N–H and O–H groups in total. The van der Waals surface area contributed by atoms with Crippen molar-refractivity contribution in [1.82, 2.24) is 4.90 Å². The van der Waals surface area contributed by atoms with E-state index in [1.54, 1.807) is 4.90 Å². The van der Waals surface area contributed by atoms with E-state index in [4.69, 9.17) is 11.6 Å². The lowest BCUT2D eigenvalue weighted by Crippen LogP contribution is -2.31. The third kappa shape index (κ3) is 2.70. The Labute approximate surface area is 107 Å². The van der Waals surface area contributed by atoms with Crippen molar-refractivity contribution in [2.45, 2.75) is 18.9 Å². The van der Waals surface area contributed by atoms with Gasteiger partial charge < -0.3 is 4.90 Å². The van der Waals surface area contributed by atoms with Gasteiger partial charge in [-0.3, -0.25) is 4.79 Å². The Bertz CT molecular complexity index is 422. The average Bonchev–Trinajstić information content (AvgIpc) is 3.15. The molecule has 1 unspecified atom stereocenters. The number of carbonyl (C=O) groups excluding carboxylic acids is 1. The minimum Gasteiger partial charge on any atom is -0.335 e. The van der Waals surface area contributed by atoms with Crippen LogP contribution in [0.1, 0.15) is 24.4 Å². The lowest BCUT2D eigenvalue weighted by molar-refractivity contribution is -0.127. The van der Waals surface area contributed by atoms with Crippen LogP contribution in [0.15, 0.2) is 36.9 Å². The molecule has 1 atom stereocenters. The van der Waals surface area contributed by atoms with E-state index in [9.17, 15) is 4.79 Å². The number of likely N-dealkylation sites (N-methyl/N-ethyl adjacent to an activating group) is 1. The molecular weight excluding hydrogens is 234 g/mol. The predicted molar refractivity (Wildman–Crippen MR) is 69.9 cm³/mol. The topological polar surface area (TPSA) is 20.3 Å². The molecule has 1 amide bonds. The summed E-state index contributed by atoms with van der Waals surface area (Å²) in [5, 5.41) is 0.723. The molecule has 0 radical (unpaired) electrons. The van der Waals surface area contributed by atoms with E-state index in [1.165, 1.54) is 18.9 Å². The van der Waals surface area contributed by atoms with Gasteiger partial charge in [0.1, 0.15) is 0 Å². The van der Waals surface area contributed by atoms with Gasteiger partial charge in [0.15, 0.2) is 0 Å². The quantitative estimate of drug-likeness (QED) is 0.749. The molecule has 1 aliphatic carbocycles. The third-order valence-corrected chi connectivity index (χ3v) is 3.47. The van der Waals surface area contributed by atoms with Crippen LogP contribution in [-0.2, 0) is 4.79 Å². The minimum atomic E-state index is -0.0307. The molecule has 2 rings (SSSR count). The number of nitrogens with zero attached hydrogens (tertiary/aromatic N) is 1. The zero-order chi connectivity index (χ0) is 12.4. The summed E-state index contributed by atoms with van der Waals surface area (Å²) < 4.78 is 0. The number of hydrogen-bond donors (Lipinski definition) is 0. The molecule has 0 bridgehead atoms. The first-order valence-corrected chi connectivity index (χ1v) is 6.16. The number of amides is 1. The summed E-state index contributed by atoms with van der Waals surface area (Å²) in [6, 6.07) is 7.89. The van der Waals surface area contributed by atoms with Crippen molar-refractivity contribution in [2.24, 2.45) is 5.92 Å². The van der Waals surface area contributed by atoms with E-state index in [0.717, 1.165) is 10.6 Å². The van der Waals surface area contributed by atoms with Gasteiger partial charge in [-0.1, -0.05) is 30.3 Å². The van der Waals surface area contributed by atoms with Gasteiger partial charge in [-0.2, -0.15) is 0 Å². The monoisotopic (exact) mass is 249 g/mol.